The Morgan fingerprint density at radius 1 is 1.08 bits per heavy atom. The number of halogens is 3. The van der Waals surface area contributed by atoms with E-state index in [9.17, 15) is 27.6 Å². The van der Waals surface area contributed by atoms with Crippen LogP contribution >= 0.6 is 0 Å². The Morgan fingerprint density at radius 3 is 2.27 bits per heavy atom. The van der Waals surface area contributed by atoms with E-state index in [0.29, 0.717) is 17.8 Å². The molecular weight excluding hydrogens is 491 g/mol. The van der Waals surface area contributed by atoms with Crippen LogP contribution in [0.5, 0.6) is 0 Å². The molecule has 1 unspecified atom stereocenters. The van der Waals surface area contributed by atoms with E-state index >= 15 is 0 Å². The summed E-state index contributed by atoms with van der Waals surface area (Å²) in [5.74, 6) is -4.99. The maximum atomic E-state index is 14.8. The van der Waals surface area contributed by atoms with Gasteiger partial charge in [-0.15, -0.1) is 0 Å². The van der Waals surface area contributed by atoms with Gasteiger partial charge >= 0.3 is 6.09 Å². The van der Waals surface area contributed by atoms with Crippen LogP contribution in [0.4, 0.5) is 18.0 Å². The van der Waals surface area contributed by atoms with Crippen molar-refractivity contribution in [2.75, 3.05) is 13.6 Å². The molecular formula is C25H32F3N5O4. The molecule has 2 heterocycles. The summed E-state index contributed by atoms with van der Waals surface area (Å²) < 4.78 is 48.0. The molecule has 0 radical (unpaired) electrons. The average Bonchev–Trinajstić information content (AvgIpc) is 3.20. The molecule has 3 N–H and O–H groups in total. The highest BCUT2D eigenvalue weighted by atomic mass is 19.2. The lowest BCUT2D eigenvalue weighted by molar-refractivity contribution is -0.134. The van der Waals surface area contributed by atoms with Gasteiger partial charge in [-0.2, -0.15) is 5.10 Å². The number of likely N-dealkylation sites (N-methyl/N-ethyl adjacent to an activating group) is 1. The van der Waals surface area contributed by atoms with Crippen molar-refractivity contribution < 1.29 is 32.3 Å². The van der Waals surface area contributed by atoms with Gasteiger partial charge < -0.3 is 15.4 Å². The summed E-state index contributed by atoms with van der Waals surface area (Å²) in [6, 6.07) is -1.37. The first-order chi connectivity index (χ1) is 17.0. The highest BCUT2D eigenvalue weighted by molar-refractivity contribution is 5.94. The Bertz CT molecular complexity index is 1220. The molecule has 3 rings (SSSR count). The average molecular weight is 524 g/mol. The summed E-state index contributed by atoms with van der Waals surface area (Å²) in [5, 5.41) is 12.0. The second kappa shape index (κ2) is 10.1. The number of hydrogen-bond acceptors (Lipinski definition) is 5. The van der Waals surface area contributed by atoms with Crippen LogP contribution in [0.25, 0.3) is 11.3 Å². The lowest BCUT2D eigenvalue weighted by Gasteiger charge is -2.38. The summed E-state index contributed by atoms with van der Waals surface area (Å²) in [4.78, 5) is 40.7. The van der Waals surface area contributed by atoms with Crippen molar-refractivity contribution >= 4 is 17.9 Å². The van der Waals surface area contributed by atoms with Crippen molar-refractivity contribution in [3.8, 4) is 11.3 Å². The van der Waals surface area contributed by atoms with E-state index in [4.69, 9.17) is 4.74 Å². The van der Waals surface area contributed by atoms with Crippen LogP contribution in [0.2, 0.25) is 0 Å². The topological polar surface area (TPSA) is 116 Å². The minimum Gasteiger partial charge on any atom is -0.444 e. The first-order valence-corrected chi connectivity index (χ1v) is 11.8. The lowest BCUT2D eigenvalue weighted by Crippen LogP contribution is -2.57. The molecule has 2 atom stereocenters. The van der Waals surface area contributed by atoms with E-state index in [1.807, 2.05) is 0 Å². The van der Waals surface area contributed by atoms with Crippen molar-refractivity contribution in [2.45, 2.75) is 65.6 Å². The largest absolute Gasteiger partial charge is 0.444 e. The molecule has 9 nitrogen and oxygen atoms in total. The van der Waals surface area contributed by atoms with Gasteiger partial charge in [-0.3, -0.25) is 19.6 Å². The molecule has 1 aromatic heterocycles. The van der Waals surface area contributed by atoms with E-state index < -0.39 is 58.5 Å². The fourth-order valence-electron chi connectivity index (χ4n) is 4.13. The number of rotatable bonds is 4. The van der Waals surface area contributed by atoms with Gasteiger partial charge in [-0.1, -0.05) is 20.8 Å². The number of H-pyrrole nitrogens is 1. The number of amides is 3. The maximum Gasteiger partial charge on any atom is 0.411 e. The van der Waals surface area contributed by atoms with Crippen LogP contribution < -0.4 is 10.6 Å². The van der Waals surface area contributed by atoms with Gasteiger partial charge in [-0.25, -0.2) is 18.0 Å². The predicted octanol–water partition coefficient (Wildman–Crippen LogP) is 3.61. The van der Waals surface area contributed by atoms with E-state index in [1.165, 1.54) is 7.05 Å². The van der Waals surface area contributed by atoms with Crippen molar-refractivity contribution in [1.82, 2.24) is 25.7 Å². The second-order valence-corrected chi connectivity index (χ2v) is 11.0. The zero-order valence-corrected chi connectivity index (χ0v) is 21.9. The molecule has 3 amide bonds. The molecule has 37 heavy (non-hydrogen) atoms. The number of ether oxygens (including phenoxy) is 1. The standard InChI is InChI=1S/C25H32F3N5O4/c1-24(2,3)20(22(35)29-7)30-21(34)19-17-16(8-9-33(19)23(36)37-25(4,5)6)31-32-18(17)12-10-14(27)15(28)11-13(12)26/h10-11,19-20H,8-9H2,1-7H3,(H,29,35)(H,30,34)(H,31,32)/t19-,20?/m0/s1. The van der Waals surface area contributed by atoms with Crippen LogP contribution in [0.15, 0.2) is 12.1 Å². The van der Waals surface area contributed by atoms with Crippen molar-refractivity contribution in [2.24, 2.45) is 5.41 Å². The predicted molar refractivity (Wildman–Crippen MR) is 129 cm³/mol. The van der Waals surface area contributed by atoms with Crippen LogP contribution in [0.3, 0.4) is 0 Å². The van der Waals surface area contributed by atoms with Crippen molar-refractivity contribution in [3.63, 3.8) is 0 Å². The van der Waals surface area contributed by atoms with Crippen LogP contribution in [0, 0.1) is 22.9 Å². The van der Waals surface area contributed by atoms with Gasteiger partial charge in [0, 0.05) is 42.9 Å². The maximum absolute atomic E-state index is 14.8. The highest BCUT2D eigenvalue weighted by Crippen LogP contribution is 2.39. The molecule has 0 bridgehead atoms. The monoisotopic (exact) mass is 523 g/mol. The van der Waals surface area contributed by atoms with Gasteiger partial charge in [0.25, 0.3) is 0 Å². The number of fused-ring (bicyclic) bond motifs is 1. The smallest absolute Gasteiger partial charge is 0.411 e. The molecule has 202 valence electrons. The third kappa shape index (κ3) is 5.89. The highest BCUT2D eigenvalue weighted by Gasteiger charge is 2.44. The minimum atomic E-state index is -1.41. The van der Waals surface area contributed by atoms with Gasteiger partial charge in [0.2, 0.25) is 11.8 Å². The summed E-state index contributed by atoms with van der Waals surface area (Å²) in [5.41, 5.74) is -1.64. The van der Waals surface area contributed by atoms with Gasteiger partial charge in [0.05, 0.1) is 0 Å². The van der Waals surface area contributed by atoms with Crippen molar-refractivity contribution in [1.29, 1.82) is 0 Å². The number of hydrogen-bond donors (Lipinski definition) is 3. The van der Waals surface area contributed by atoms with E-state index in [2.05, 4.69) is 20.8 Å². The van der Waals surface area contributed by atoms with Gasteiger partial charge in [0.15, 0.2) is 11.6 Å². The molecule has 1 aliphatic heterocycles. The van der Waals surface area contributed by atoms with Crippen LogP contribution in [-0.2, 0) is 20.7 Å². The van der Waals surface area contributed by atoms with Crippen LogP contribution in [-0.4, -0.2) is 58.2 Å². The summed E-state index contributed by atoms with van der Waals surface area (Å²) >= 11 is 0. The Hall–Kier alpha value is -3.57. The van der Waals surface area contributed by atoms with Gasteiger partial charge in [-0.05, 0) is 32.3 Å². The zero-order valence-electron chi connectivity index (χ0n) is 21.9. The third-order valence-electron chi connectivity index (χ3n) is 5.87. The normalized spacial score (nSPS) is 16.6. The number of carbonyl (C=O) groups is 3. The van der Waals surface area contributed by atoms with Crippen LogP contribution in [0.1, 0.15) is 58.8 Å². The molecule has 2 aromatic rings. The fraction of sp³-hybridized carbons (Fsp3) is 0.520. The van der Waals surface area contributed by atoms with E-state index in [-0.39, 0.29) is 29.8 Å². The number of aromatic nitrogens is 2. The molecule has 0 fully saturated rings. The molecule has 1 aromatic carbocycles. The SMILES string of the molecule is CNC(=O)C(NC(=O)[C@@H]1c2c(-c3cc(F)c(F)cc3F)n[nH]c2CCN1C(=O)OC(C)(C)C)C(C)(C)C. The van der Waals surface area contributed by atoms with E-state index in [1.54, 1.807) is 41.5 Å². The summed E-state index contributed by atoms with van der Waals surface area (Å²) in [6.07, 6.45) is -0.613. The Balaban J connectivity index is 2.16. The number of carbonyl (C=O) groups excluding carboxylic acids is 3. The molecule has 12 heteroatoms. The number of nitrogens with one attached hydrogen (secondary N) is 3. The molecule has 0 saturated heterocycles. The fourth-order valence-corrected chi connectivity index (χ4v) is 4.13. The number of nitrogens with zero attached hydrogens (tertiary/aromatic N) is 2. The Morgan fingerprint density at radius 2 is 1.70 bits per heavy atom. The van der Waals surface area contributed by atoms with E-state index in [0.717, 1.165) is 4.90 Å². The van der Waals surface area contributed by atoms with Gasteiger partial charge in [0.1, 0.15) is 29.2 Å². The minimum absolute atomic E-state index is 0.0437. The number of aromatic amines is 1. The lowest BCUT2D eigenvalue weighted by atomic mass is 9.85. The first-order valence-electron chi connectivity index (χ1n) is 11.8. The number of benzene rings is 1. The Labute approximate surface area is 213 Å². The summed E-state index contributed by atoms with van der Waals surface area (Å²) in [7, 11) is 1.43. The second-order valence-electron chi connectivity index (χ2n) is 11.0. The quantitative estimate of drug-likeness (QED) is 0.530. The Kier molecular flexibility index (Phi) is 7.62. The molecule has 0 spiro atoms. The first kappa shape index (κ1) is 28.0. The van der Waals surface area contributed by atoms with Crippen molar-refractivity contribution in [3.05, 3.63) is 40.8 Å². The summed E-state index contributed by atoms with van der Waals surface area (Å²) in [6.45, 7) is 10.3. The third-order valence-corrected chi connectivity index (χ3v) is 5.87. The molecule has 1 aliphatic rings. The zero-order chi connectivity index (χ0) is 27.9. The molecule has 0 aliphatic carbocycles. The molecule has 0 saturated carbocycles.